The Morgan fingerprint density at radius 3 is 2.88 bits per heavy atom. The lowest BCUT2D eigenvalue weighted by atomic mass is 9.79. The van der Waals surface area contributed by atoms with Gasteiger partial charge in [0.25, 0.3) is 0 Å². The van der Waals surface area contributed by atoms with E-state index in [4.69, 9.17) is 15.2 Å². The van der Waals surface area contributed by atoms with E-state index in [9.17, 15) is 9.90 Å². The van der Waals surface area contributed by atoms with Crippen molar-refractivity contribution in [1.29, 1.82) is 0 Å². The number of halogens is 1. The Morgan fingerprint density at radius 1 is 1.32 bits per heavy atom. The summed E-state index contributed by atoms with van der Waals surface area (Å²) in [7, 11) is 0. The summed E-state index contributed by atoms with van der Waals surface area (Å²) in [5, 5.41) is 16.5. The molecule has 1 amide bonds. The quantitative estimate of drug-likeness (QED) is 0.426. The van der Waals surface area contributed by atoms with Gasteiger partial charge in [-0.2, -0.15) is 0 Å². The first-order valence-corrected chi connectivity index (χ1v) is 11.2. The maximum Gasteiger partial charge on any atom is 0.413 e. The van der Waals surface area contributed by atoms with Gasteiger partial charge < -0.3 is 25.6 Å². The van der Waals surface area contributed by atoms with Crippen molar-refractivity contribution >= 4 is 34.1 Å². The summed E-state index contributed by atoms with van der Waals surface area (Å²) in [6.45, 7) is 4.76. The molecular formula is C24H26FN5O4. The largest absolute Gasteiger partial charge is 0.474 e. The van der Waals surface area contributed by atoms with E-state index in [0.29, 0.717) is 53.8 Å². The number of nitrogens with zero attached hydrogens (tertiary/aromatic N) is 2. The summed E-state index contributed by atoms with van der Waals surface area (Å²) in [6.07, 6.45) is 2.98. The van der Waals surface area contributed by atoms with Crippen molar-refractivity contribution in [3.05, 3.63) is 35.9 Å². The molecule has 1 saturated carbocycles. The minimum Gasteiger partial charge on any atom is -0.474 e. The van der Waals surface area contributed by atoms with E-state index in [0.717, 1.165) is 11.3 Å². The number of rotatable bonds is 4. The molecule has 1 fully saturated rings. The van der Waals surface area contributed by atoms with Crippen LogP contribution in [0.25, 0.3) is 21.9 Å². The molecule has 2 aliphatic rings. The minimum atomic E-state index is -0.628. The molecule has 9 nitrogen and oxygen atoms in total. The Balaban J connectivity index is 1.42. The van der Waals surface area contributed by atoms with Crippen LogP contribution in [-0.2, 0) is 4.74 Å². The third-order valence-electron chi connectivity index (χ3n) is 6.55. The lowest BCUT2D eigenvalue weighted by Gasteiger charge is -2.36. The highest BCUT2D eigenvalue weighted by atomic mass is 19.1. The number of fused-ring (bicyclic) bond motifs is 2. The average Bonchev–Trinajstić information content (AvgIpc) is 2.79. The van der Waals surface area contributed by atoms with E-state index in [1.165, 1.54) is 6.20 Å². The van der Waals surface area contributed by atoms with Crippen LogP contribution >= 0.6 is 0 Å². The molecule has 3 heterocycles. The van der Waals surface area contributed by atoms with Crippen molar-refractivity contribution in [3.8, 4) is 17.0 Å². The van der Waals surface area contributed by atoms with Crippen LogP contribution in [0.1, 0.15) is 25.3 Å². The van der Waals surface area contributed by atoms with Crippen LogP contribution in [0.2, 0.25) is 0 Å². The van der Waals surface area contributed by atoms with Gasteiger partial charge in [-0.3, -0.25) is 5.32 Å². The van der Waals surface area contributed by atoms with Crippen LogP contribution in [0.5, 0.6) is 5.88 Å². The number of hydrogen-bond donors (Lipinski definition) is 4. The number of anilines is 3. The standard InChI is InChI=1S/C24H26FN5O4/c1-11-17(9-29-23-22(11)27-3-4-33-23)16-7-14-8-19(28-10-18(14)21(26)20(16)25)30-24(32)34-15-5-13(6-15)12(2)31/h7-10,12-13,15,27,31H,3-6,26H2,1-2H3,(H,28,30,32)/t12-,13-,15-/m0/s1. The average molecular weight is 468 g/mol. The first-order chi connectivity index (χ1) is 16.3. The van der Waals surface area contributed by atoms with Gasteiger partial charge in [0, 0.05) is 35.5 Å². The van der Waals surface area contributed by atoms with Gasteiger partial charge in [-0.15, -0.1) is 0 Å². The Bertz CT molecular complexity index is 1280. The zero-order chi connectivity index (χ0) is 24.0. The van der Waals surface area contributed by atoms with Gasteiger partial charge in [0.2, 0.25) is 5.88 Å². The van der Waals surface area contributed by atoms with E-state index in [1.807, 2.05) is 6.92 Å². The molecular weight excluding hydrogens is 441 g/mol. The van der Waals surface area contributed by atoms with Gasteiger partial charge in [-0.05, 0) is 55.7 Å². The van der Waals surface area contributed by atoms with Crippen molar-refractivity contribution in [2.45, 2.75) is 38.9 Å². The summed E-state index contributed by atoms with van der Waals surface area (Å²) in [6, 6.07) is 3.29. The Kier molecular flexibility index (Phi) is 5.60. The van der Waals surface area contributed by atoms with E-state index < -0.39 is 18.0 Å². The second kappa shape index (κ2) is 8.60. The zero-order valence-corrected chi connectivity index (χ0v) is 18.9. The molecule has 0 saturated heterocycles. The van der Waals surface area contributed by atoms with Gasteiger partial charge in [0.1, 0.15) is 24.2 Å². The number of nitrogens with two attached hydrogens (primary N) is 1. The Morgan fingerprint density at radius 2 is 2.12 bits per heavy atom. The minimum absolute atomic E-state index is 0.0333. The molecule has 5 rings (SSSR count). The highest BCUT2D eigenvalue weighted by molar-refractivity contribution is 5.99. The fourth-order valence-electron chi connectivity index (χ4n) is 4.44. The molecule has 1 aromatic carbocycles. The monoisotopic (exact) mass is 467 g/mol. The topological polar surface area (TPSA) is 132 Å². The Hall–Kier alpha value is -3.66. The number of aliphatic hydroxyl groups excluding tert-OH is 1. The third kappa shape index (κ3) is 3.94. The lowest BCUT2D eigenvalue weighted by Crippen LogP contribution is -2.39. The zero-order valence-electron chi connectivity index (χ0n) is 18.9. The number of carbonyl (C=O) groups is 1. The Labute approximate surface area is 195 Å². The number of nitrogens with one attached hydrogen (secondary N) is 2. The van der Waals surface area contributed by atoms with Crippen LogP contribution in [0, 0.1) is 18.7 Å². The first-order valence-electron chi connectivity index (χ1n) is 11.2. The first kappa shape index (κ1) is 22.1. The third-order valence-corrected chi connectivity index (χ3v) is 6.55. The second-order valence-electron chi connectivity index (χ2n) is 8.82. The van der Waals surface area contributed by atoms with Crippen LogP contribution in [-0.4, -0.2) is 46.5 Å². The molecule has 1 aliphatic carbocycles. The van der Waals surface area contributed by atoms with Crippen molar-refractivity contribution < 1.29 is 23.8 Å². The summed E-state index contributed by atoms with van der Waals surface area (Å²) in [5.41, 5.74) is 8.50. The van der Waals surface area contributed by atoms with Crippen molar-refractivity contribution in [3.63, 3.8) is 0 Å². The normalized spacial score (nSPS) is 19.9. The fourth-order valence-corrected chi connectivity index (χ4v) is 4.44. The summed E-state index contributed by atoms with van der Waals surface area (Å²) >= 11 is 0. The SMILES string of the molecule is Cc1c(-c2cc3cc(NC(=O)O[C@H]4C[C@H]([C@H](C)O)C4)ncc3c(N)c2F)cnc2c1NCCO2. The molecule has 0 bridgehead atoms. The summed E-state index contributed by atoms with van der Waals surface area (Å²) < 4.78 is 26.2. The number of nitrogen functional groups attached to an aromatic ring is 1. The number of ether oxygens (including phenoxy) is 2. The maximum absolute atomic E-state index is 15.3. The van der Waals surface area contributed by atoms with E-state index in [1.54, 1.807) is 25.3 Å². The molecule has 1 aliphatic heterocycles. The molecule has 0 radical (unpaired) electrons. The lowest BCUT2D eigenvalue weighted by molar-refractivity contribution is -0.0262. The predicted molar refractivity (Wildman–Crippen MR) is 126 cm³/mol. The van der Waals surface area contributed by atoms with Gasteiger partial charge in [0.15, 0.2) is 5.82 Å². The van der Waals surface area contributed by atoms with Gasteiger partial charge >= 0.3 is 6.09 Å². The molecule has 3 aromatic rings. The number of aliphatic hydroxyl groups is 1. The van der Waals surface area contributed by atoms with Crippen LogP contribution in [0.4, 0.5) is 26.4 Å². The molecule has 0 unspecified atom stereocenters. The number of carbonyl (C=O) groups excluding carboxylic acids is 1. The number of benzene rings is 1. The highest BCUT2D eigenvalue weighted by Crippen LogP contribution is 2.39. The number of hydrogen-bond acceptors (Lipinski definition) is 8. The van der Waals surface area contributed by atoms with E-state index in [2.05, 4.69) is 20.6 Å². The van der Waals surface area contributed by atoms with Crippen molar-refractivity contribution in [1.82, 2.24) is 9.97 Å². The van der Waals surface area contributed by atoms with Crippen molar-refractivity contribution in [2.24, 2.45) is 5.92 Å². The molecule has 34 heavy (non-hydrogen) atoms. The molecule has 2 aromatic heterocycles. The van der Waals surface area contributed by atoms with Gasteiger partial charge in [-0.25, -0.2) is 19.2 Å². The van der Waals surface area contributed by atoms with Crippen LogP contribution in [0.15, 0.2) is 24.5 Å². The van der Waals surface area contributed by atoms with Gasteiger partial charge in [0.05, 0.1) is 11.8 Å². The molecule has 1 atom stereocenters. The maximum atomic E-state index is 15.3. The predicted octanol–water partition coefficient (Wildman–Crippen LogP) is 3.84. The van der Waals surface area contributed by atoms with Crippen molar-refractivity contribution in [2.75, 3.05) is 29.5 Å². The van der Waals surface area contributed by atoms with E-state index in [-0.39, 0.29) is 23.5 Å². The number of pyridine rings is 2. The molecule has 10 heteroatoms. The van der Waals surface area contributed by atoms with E-state index >= 15 is 4.39 Å². The number of aromatic nitrogens is 2. The smallest absolute Gasteiger partial charge is 0.413 e. The summed E-state index contributed by atoms with van der Waals surface area (Å²) in [4.78, 5) is 20.8. The van der Waals surface area contributed by atoms with Crippen LogP contribution < -0.4 is 21.1 Å². The number of amides is 1. The molecule has 0 spiro atoms. The molecule has 178 valence electrons. The second-order valence-corrected chi connectivity index (χ2v) is 8.82. The fraction of sp³-hybridized carbons (Fsp3) is 0.375. The molecule has 5 N–H and O–H groups in total. The van der Waals surface area contributed by atoms with Crippen LogP contribution in [0.3, 0.4) is 0 Å². The highest BCUT2D eigenvalue weighted by Gasteiger charge is 2.35. The van der Waals surface area contributed by atoms with Gasteiger partial charge in [-0.1, -0.05) is 0 Å². The summed E-state index contributed by atoms with van der Waals surface area (Å²) in [5.74, 6) is 0.336.